The molecule has 3 heterocycles. The Morgan fingerprint density at radius 3 is 2.88 bits per heavy atom. The van der Waals surface area contributed by atoms with Crippen molar-refractivity contribution < 1.29 is 0 Å². The summed E-state index contributed by atoms with van der Waals surface area (Å²) in [6.45, 7) is 6.67. The van der Waals surface area contributed by atoms with E-state index in [1.54, 1.807) is 11.1 Å². The van der Waals surface area contributed by atoms with Gasteiger partial charge in [0.05, 0.1) is 0 Å². The molecule has 3 aliphatic heterocycles. The topological polar surface area (TPSA) is 15.6 Å². The van der Waals surface area contributed by atoms with Gasteiger partial charge in [0.25, 0.3) is 0 Å². The van der Waals surface area contributed by atoms with E-state index in [1.807, 2.05) is 0 Å². The van der Waals surface area contributed by atoms with E-state index < -0.39 is 6.10 Å². The van der Waals surface area contributed by atoms with Gasteiger partial charge in [-0.15, -0.1) is 0 Å². The Morgan fingerprint density at radius 2 is 2.12 bits per heavy atom. The van der Waals surface area contributed by atoms with E-state index in [4.69, 9.17) is 4.76 Å². The summed E-state index contributed by atoms with van der Waals surface area (Å²) < 4.78 is 5.04. The first kappa shape index (κ1) is 11.7. The van der Waals surface area contributed by atoms with Gasteiger partial charge in [0, 0.05) is 0 Å². The molecule has 0 saturated carbocycles. The van der Waals surface area contributed by atoms with Gasteiger partial charge in [0.2, 0.25) is 0 Å². The molecule has 0 radical (unpaired) electrons. The van der Waals surface area contributed by atoms with Crippen LogP contribution in [0.3, 0.4) is 0 Å². The normalized spacial score (nSPS) is 35.5. The molecule has 0 N–H and O–H groups in total. The third-order valence-electron chi connectivity index (χ3n) is 3.86. The van der Waals surface area contributed by atoms with E-state index >= 15 is 0 Å². The molecule has 2 atom stereocenters. The molecule has 17 heavy (non-hydrogen) atoms. The van der Waals surface area contributed by atoms with Gasteiger partial charge in [-0.05, 0) is 0 Å². The van der Waals surface area contributed by atoms with Gasteiger partial charge in [-0.25, -0.2) is 0 Å². The Labute approximate surface area is 111 Å². The molecule has 0 bridgehead atoms. The first-order valence-corrected chi connectivity index (χ1v) is 10.2. The number of amidine groups is 1. The van der Waals surface area contributed by atoms with Crippen LogP contribution in [-0.2, 0) is 0 Å². The van der Waals surface area contributed by atoms with Gasteiger partial charge < -0.3 is 0 Å². The average molecular weight is 311 g/mol. The summed E-state index contributed by atoms with van der Waals surface area (Å²) in [4.78, 5) is 2.38. The van der Waals surface area contributed by atoms with Crippen LogP contribution < -0.4 is 0 Å². The minimum atomic E-state index is -1.31. The second-order valence-corrected chi connectivity index (χ2v) is 11.8. The molecule has 0 saturated heterocycles. The first-order valence-electron chi connectivity index (χ1n) is 5.99. The molecule has 0 aromatic rings. The van der Waals surface area contributed by atoms with Gasteiger partial charge in [-0.3, -0.25) is 0 Å². The molecule has 2 nitrogen and oxygen atoms in total. The van der Waals surface area contributed by atoms with Crippen molar-refractivity contribution in [3.05, 3.63) is 35.1 Å². The standard InChI is InChI=1S/C13H17N2PSe/c1-9-4-5-15-12(6-9)14-16(17)8-11(3)10(2)7-13(15)16/h4-6,13H,7-8H2,1-3H3/t13-,16?/m0/s1. The van der Waals surface area contributed by atoms with Crippen LogP contribution in [-0.4, -0.2) is 38.3 Å². The molecule has 90 valence electrons. The third kappa shape index (κ3) is 1.76. The van der Waals surface area contributed by atoms with Gasteiger partial charge >= 0.3 is 111 Å². The van der Waals surface area contributed by atoms with Crippen molar-refractivity contribution in [2.75, 3.05) is 6.16 Å². The molecule has 0 aliphatic carbocycles. The summed E-state index contributed by atoms with van der Waals surface area (Å²) in [6.07, 6.45) is 7.62. The van der Waals surface area contributed by atoms with Gasteiger partial charge in [0.15, 0.2) is 0 Å². The molecule has 3 aliphatic rings. The van der Waals surface area contributed by atoms with Crippen LogP contribution in [0.25, 0.3) is 0 Å². The molecule has 1 unspecified atom stereocenters. The van der Waals surface area contributed by atoms with Crippen LogP contribution in [0.1, 0.15) is 27.2 Å². The van der Waals surface area contributed by atoms with Gasteiger partial charge in [0.1, 0.15) is 0 Å². The van der Waals surface area contributed by atoms with Crippen LogP contribution in [0.5, 0.6) is 0 Å². The van der Waals surface area contributed by atoms with Crippen molar-refractivity contribution in [2.45, 2.75) is 33.0 Å². The molecule has 0 spiro atoms. The summed E-state index contributed by atoms with van der Waals surface area (Å²) in [7, 11) is 0. The zero-order chi connectivity index (χ0) is 12.2. The second-order valence-electron chi connectivity index (χ2n) is 5.23. The summed E-state index contributed by atoms with van der Waals surface area (Å²) in [5.74, 6) is 1.74. The van der Waals surface area contributed by atoms with Crippen LogP contribution in [0.15, 0.2) is 39.8 Å². The van der Waals surface area contributed by atoms with Crippen molar-refractivity contribution >= 4 is 27.5 Å². The predicted octanol–water partition coefficient (Wildman–Crippen LogP) is 3.26. The van der Waals surface area contributed by atoms with Crippen molar-refractivity contribution in [1.29, 1.82) is 0 Å². The van der Waals surface area contributed by atoms with Crippen molar-refractivity contribution in [3.8, 4) is 0 Å². The van der Waals surface area contributed by atoms with Crippen LogP contribution in [0, 0.1) is 0 Å². The van der Waals surface area contributed by atoms with E-state index in [2.05, 4.69) is 59.6 Å². The Morgan fingerprint density at radius 1 is 1.35 bits per heavy atom. The Kier molecular flexibility index (Phi) is 2.63. The van der Waals surface area contributed by atoms with Crippen LogP contribution >= 0.6 is 6.10 Å². The number of rotatable bonds is 0. The fourth-order valence-electron chi connectivity index (χ4n) is 2.67. The van der Waals surface area contributed by atoms with E-state index in [0.717, 1.165) is 12.6 Å². The molecule has 3 rings (SSSR count). The molecule has 4 heteroatoms. The van der Waals surface area contributed by atoms with Crippen LogP contribution in [0.2, 0.25) is 0 Å². The van der Waals surface area contributed by atoms with Crippen molar-refractivity contribution in [2.24, 2.45) is 4.76 Å². The Bertz CT molecular complexity index is 504. The first-order chi connectivity index (χ1) is 7.99. The van der Waals surface area contributed by atoms with Crippen molar-refractivity contribution in [3.63, 3.8) is 0 Å². The number of allylic oxidation sites excluding steroid dienone is 3. The molecule has 0 fully saturated rings. The van der Waals surface area contributed by atoms with E-state index in [0.29, 0.717) is 5.78 Å². The summed E-state index contributed by atoms with van der Waals surface area (Å²) in [5, 5.41) is 0. The average Bonchev–Trinajstić information content (AvgIpc) is 2.50. The zero-order valence-corrected chi connectivity index (χ0v) is 13.1. The Balaban J connectivity index is 2.03. The number of hydrogen-bond donors (Lipinski definition) is 0. The predicted molar refractivity (Wildman–Crippen MR) is 76.5 cm³/mol. The zero-order valence-electron chi connectivity index (χ0n) is 10.5. The number of fused-ring (bicyclic) bond motifs is 3. The Hall–Kier alpha value is -0.361. The molecular formula is C13H17N2PSe. The van der Waals surface area contributed by atoms with Crippen molar-refractivity contribution in [1.82, 2.24) is 4.90 Å². The summed E-state index contributed by atoms with van der Waals surface area (Å²) in [5.41, 5.74) is 4.40. The monoisotopic (exact) mass is 312 g/mol. The van der Waals surface area contributed by atoms with E-state index in [9.17, 15) is 0 Å². The summed E-state index contributed by atoms with van der Waals surface area (Å²) in [6, 6.07) is 0. The van der Waals surface area contributed by atoms with Crippen LogP contribution in [0.4, 0.5) is 0 Å². The summed E-state index contributed by atoms with van der Waals surface area (Å²) >= 11 is 3.46. The maximum atomic E-state index is 5.04. The number of nitrogens with zero attached hydrogens (tertiary/aromatic N) is 2. The number of hydrogen-bond acceptors (Lipinski definition) is 2. The molecule has 0 amide bonds. The SMILES string of the molecule is CC1=CC2=N[P+]3([Se-])CC(C)=C(C)C[C@H]3N2C=C1. The second kappa shape index (κ2) is 3.82. The molecule has 0 aromatic heterocycles. The van der Waals surface area contributed by atoms with Gasteiger partial charge in [-0.2, -0.15) is 0 Å². The molecule has 0 aromatic carbocycles. The minimum absolute atomic E-state index is 0.571. The maximum absolute atomic E-state index is 5.04. The molecular weight excluding hydrogens is 294 g/mol. The van der Waals surface area contributed by atoms with E-state index in [-0.39, 0.29) is 0 Å². The quantitative estimate of drug-likeness (QED) is 0.381. The third-order valence-corrected chi connectivity index (χ3v) is 9.55. The fraction of sp³-hybridized carbons (Fsp3) is 0.462. The van der Waals surface area contributed by atoms with E-state index in [1.165, 1.54) is 11.4 Å². The fourth-order valence-corrected chi connectivity index (χ4v) is 8.54. The van der Waals surface area contributed by atoms with Gasteiger partial charge in [-0.1, -0.05) is 0 Å².